The molecule has 27 heavy (non-hydrogen) atoms. The number of anilines is 1. The van der Waals surface area contributed by atoms with Crippen LogP contribution in [0.25, 0.3) is 0 Å². The Morgan fingerprint density at radius 3 is 2.44 bits per heavy atom. The second-order valence-electron chi connectivity index (χ2n) is 5.68. The molecule has 0 atom stereocenters. The molecule has 0 saturated heterocycles. The minimum absolute atomic E-state index is 0.129. The molecule has 6 nitrogen and oxygen atoms in total. The fraction of sp³-hybridized carbons (Fsp3) is 0.278. The van der Waals surface area contributed by atoms with Gasteiger partial charge in [0.2, 0.25) is 15.9 Å². The van der Waals surface area contributed by atoms with Crippen molar-refractivity contribution < 1.29 is 17.9 Å². The summed E-state index contributed by atoms with van der Waals surface area (Å²) in [6, 6.07) is 12.6. The minimum Gasteiger partial charge on any atom is -0.385 e. The fourth-order valence-electron chi connectivity index (χ4n) is 2.35. The molecule has 2 aromatic rings. The van der Waals surface area contributed by atoms with E-state index in [0.29, 0.717) is 28.8 Å². The standard InChI is InChI=1S/C18H20Cl2N2O4S/c1-26-11-5-10-22(27(24,25)15-6-3-2-4-7-15)13-18(23)21-14-8-9-16(19)17(20)12-14/h2-4,6-9,12H,5,10-11,13H2,1H3,(H,21,23). The number of rotatable bonds is 9. The van der Waals surface area contributed by atoms with E-state index >= 15 is 0 Å². The molecule has 0 fully saturated rings. The van der Waals surface area contributed by atoms with Crippen molar-refractivity contribution in [3.8, 4) is 0 Å². The van der Waals surface area contributed by atoms with E-state index in [1.54, 1.807) is 30.3 Å². The van der Waals surface area contributed by atoms with Gasteiger partial charge in [-0.2, -0.15) is 4.31 Å². The van der Waals surface area contributed by atoms with Crippen molar-refractivity contribution in [1.82, 2.24) is 4.31 Å². The third-order valence-electron chi connectivity index (χ3n) is 3.66. The largest absolute Gasteiger partial charge is 0.385 e. The topological polar surface area (TPSA) is 75.7 Å². The van der Waals surface area contributed by atoms with Crippen molar-refractivity contribution >= 4 is 44.8 Å². The van der Waals surface area contributed by atoms with Crippen molar-refractivity contribution in [2.75, 3.05) is 32.1 Å². The van der Waals surface area contributed by atoms with Gasteiger partial charge in [-0.05, 0) is 36.8 Å². The zero-order valence-electron chi connectivity index (χ0n) is 14.7. The molecule has 2 rings (SSSR count). The highest BCUT2D eigenvalue weighted by atomic mass is 35.5. The van der Waals surface area contributed by atoms with Gasteiger partial charge in [0.1, 0.15) is 0 Å². The van der Waals surface area contributed by atoms with E-state index in [0.717, 1.165) is 4.31 Å². The van der Waals surface area contributed by atoms with Gasteiger partial charge in [0.15, 0.2) is 0 Å². The highest BCUT2D eigenvalue weighted by Crippen LogP contribution is 2.25. The Kier molecular flexibility index (Phi) is 8.07. The van der Waals surface area contributed by atoms with Crippen LogP contribution in [0.4, 0.5) is 5.69 Å². The van der Waals surface area contributed by atoms with Crippen LogP contribution >= 0.6 is 23.2 Å². The van der Waals surface area contributed by atoms with Gasteiger partial charge < -0.3 is 10.1 Å². The highest BCUT2D eigenvalue weighted by Gasteiger charge is 2.26. The van der Waals surface area contributed by atoms with Crippen LogP contribution in [0.15, 0.2) is 53.4 Å². The number of nitrogens with zero attached hydrogens (tertiary/aromatic N) is 1. The second kappa shape index (κ2) is 10.1. The molecule has 146 valence electrons. The number of amides is 1. The van der Waals surface area contributed by atoms with Gasteiger partial charge in [0.25, 0.3) is 0 Å². The monoisotopic (exact) mass is 430 g/mol. The van der Waals surface area contributed by atoms with Crippen molar-refractivity contribution in [2.45, 2.75) is 11.3 Å². The Bertz CT molecular complexity index is 876. The highest BCUT2D eigenvalue weighted by molar-refractivity contribution is 7.89. The Morgan fingerprint density at radius 1 is 1.11 bits per heavy atom. The first-order valence-corrected chi connectivity index (χ1v) is 10.3. The van der Waals surface area contributed by atoms with E-state index in [2.05, 4.69) is 5.32 Å². The maximum absolute atomic E-state index is 12.9. The number of nitrogens with one attached hydrogen (secondary N) is 1. The molecule has 0 radical (unpaired) electrons. The molecule has 0 saturated carbocycles. The first-order chi connectivity index (χ1) is 12.8. The van der Waals surface area contributed by atoms with Gasteiger partial charge in [-0.25, -0.2) is 8.42 Å². The van der Waals surface area contributed by atoms with E-state index in [9.17, 15) is 13.2 Å². The molecule has 1 N–H and O–H groups in total. The average molecular weight is 431 g/mol. The first kappa shape index (κ1) is 21.7. The van der Waals surface area contributed by atoms with Gasteiger partial charge in [-0.15, -0.1) is 0 Å². The number of halogens is 2. The fourth-order valence-corrected chi connectivity index (χ4v) is 4.10. The van der Waals surface area contributed by atoms with Crippen molar-refractivity contribution in [3.05, 3.63) is 58.6 Å². The van der Waals surface area contributed by atoms with Crippen LogP contribution in [0.1, 0.15) is 6.42 Å². The summed E-state index contributed by atoms with van der Waals surface area (Å²) in [6.07, 6.45) is 0.461. The summed E-state index contributed by atoms with van der Waals surface area (Å²) in [6.45, 7) is 0.205. The molecular formula is C18H20Cl2N2O4S. The summed E-state index contributed by atoms with van der Waals surface area (Å²) in [5.74, 6) is -0.481. The summed E-state index contributed by atoms with van der Waals surface area (Å²) < 4.78 is 31.9. The number of methoxy groups -OCH3 is 1. The molecule has 0 aliphatic rings. The third-order valence-corrected chi connectivity index (χ3v) is 6.26. The summed E-state index contributed by atoms with van der Waals surface area (Å²) in [5, 5.41) is 3.29. The van der Waals surface area contributed by atoms with Crippen LogP contribution < -0.4 is 5.32 Å². The van der Waals surface area contributed by atoms with Gasteiger partial charge in [-0.3, -0.25) is 4.79 Å². The maximum atomic E-state index is 12.9. The molecule has 0 aliphatic heterocycles. The van der Waals surface area contributed by atoms with Crippen molar-refractivity contribution in [3.63, 3.8) is 0 Å². The zero-order chi connectivity index (χ0) is 19.9. The summed E-state index contributed by atoms with van der Waals surface area (Å²) in [7, 11) is -2.28. The smallest absolute Gasteiger partial charge is 0.243 e. The van der Waals surface area contributed by atoms with E-state index in [1.807, 2.05) is 0 Å². The molecule has 9 heteroatoms. The van der Waals surface area contributed by atoms with Crippen LogP contribution in [0.2, 0.25) is 10.0 Å². The Morgan fingerprint density at radius 2 is 1.81 bits per heavy atom. The lowest BCUT2D eigenvalue weighted by atomic mass is 10.3. The maximum Gasteiger partial charge on any atom is 0.243 e. The van der Waals surface area contributed by atoms with Gasteiger partial charge in [0.05, 0.1) is 21.5 Å². The lowest BCUT2D eigenvalue weighted by Crippen LogP contribution is -2.39. The number of hydrogen-bond donors (Lipinski definition) is 1. The Labute approximate surface area is 169 Å². The van der Waals surface area contributed by atoms with Crippen LogP contribution in [-0.2, 0) is 19.6 Å². The first-order valence-electron chi connectivity index (χ1n) is 8.13. The Balaban J connectivity index is 2.15. The number of benzene rings is 2. The second-order valence-corrected chi connectivity index (χ2v) is 8.43. The predicted octanol–water partition coefficient (Wildman–Crippen LogP) is 3.66. The number of hydrogen-bond acceptors (Lipinski definition) is 4. The Hall–Kier alpha value is -1.64. The average Bonchev–Trinajstić information content (AvgIpc) is 2.65. The third kappa shape index (κ3) is 6.19. The zero-order valence-corrected chi connectivity index (χ0v) is 17.0. The van der Waals surface area contributed by atoms with Crippen LogP contribution in [0.3, 0.4) is 0 Å². The van der Waals surface area contributed by atoms with Gasteiger partial charge in [-0.1, -0.05) is 41.4 Å². The molecule has 0 spiro atoms. The normalized spacial score (nSPS) is 11.6. The number of carbonyl (C=O) groups is 1. The van der Waals surface area contributed by atoms with Crippen molar-refractivity contribution in [1.29, 1.82) is 0 Å². The van der Waals surface area contributed by atoms with Gasteiger partial charge >= 0.3 is 0 Å². The van der Waals surface area contributed by atoms with Crippen LogP contribution in [0, 0.1) is 0 Å². The molecule has 0 aliphatic carbocycles. The lowest BCUT2D eigenvalue weighted by molar-refractivity contribution is -0.116. The van der Waals surface area contributed by atoms with Gasteiger partial charge in [0, 0.05) is 25.9 Å². The molecule has 0 heterocycles. The number of carbonyl (C=O) groups excluding carboxylic acids is 1. The number of ether oxygens (including phenoxy) is 1. The molecule has 0 bridgehead atoms. The van der Waals surface area contributed by atoms with E-state index in [-0.39, 0.29) is 18.0 Å². The minimum atomic E-state index is -3.81. The van der Waals surface area contributed by atoms with Crippen LogP contribution in [0.5, 0.6) is 0 Å². The van der Waals surface area contributed by atoms with Crippen molar-refractivity contribution in [2.24, 2.45) is 0 Å². The van der Waals surface area contributed by atoms with E-state index < -0.39 is 15.9 Å². The molecule has 2 aromatic carbocycles. The summed E-state index contributed by atoms with van der Waals surface area (Å²) in [5.41, 5.74) is 0.434. The van der Waals surface area contributed by atoms with E-state index in [1.165, 1.54) is 25.3 Å². The summed E-state index contributed by atoms with van der Waals surface area (Å²) in [4.78, 5) is 12.5. The quantitative estimate of drug-likeness (QED) is 0.615. The SMILES string of the molecule is COCCCN(CC(=O)Nc1ccc(Cl)c(Cl)c1)S(=O)(=O)c1ccccc1. The molecule has 1 amide bonds. The summed E-state index contributed by atoms with van der Waals surface area (Å²) >= 11 is 11.8. The molecule has 0 unspecified atom stereocenters. The van der Waals surface area contributed by atoms with E-state index in [4.69, 9.17) is 27.9 Å². The van der Waals surface area contributed by atoms with Crippen LogP contribution in [-0.4, -0.2) is 45.4 Å². The number of sulfonamides is 1. The molecule has 0 aromatic heterocycles. The predicted molar refractivity (Wildman–Crippen MR) is 107 cm³/mol. The molecular weight excluding hydrogens is 411 g/mol. The lowest BCUT2D eigenvalue weighted by Gasteiger charge is -2.21.